The molecule has 0 saturated carbocycles. The number of nitrogens with one attached hydrogen (secondary N) is 2. The summed E-state index contributed by atoms with van der Waals surface area (Å²) < 4.78 is 1.81. The van der Waals surface area contributed by atoms with E-state index in [2.05, 4.69) is 15.7 Å². The van der Waals surface area contributed by atoms with Crippen molar-refractivity contribution in [1.29, 1.82) is 0 Å². The van der Waals surface area contributed by atoms with Gasteiger partial charge in [0.25, 0.3) is 0 Å². The largest absolute Gasteiger partial charge is 0.396 e. The van der Waals surface area contributed by atoms with E-state index in [1.165, 1.54) is 0 Å². The normalized spacial score (nSPS) is 12.3. The number of hydrogen-bond donors (Lipinski definition) is 3. The molecule has 6 nitrogen and oxygen atoms in total. The van der Waals surface area contributed by atoms with Crippen LogP contribution in [0.2, 0.25) is 0 Å². The molecule has 0 radical (unpaired) electrons. The van der Waals surface area contributed by atoms with Crippen LogP contribution in [0.4, 0.5) is 10.5 Å². The van der Waals surface area contributed by atoms with Gasteiger partial charge in [0.15, 0.2) is 0 Å². The van der Waals surface area contributed by atoms with Crippen LogP contribution >= 0.6 is 0 Å². The zero-order valence-electron chi connectivity index (χ0n) is 13.7. The van der Waals surface area contributed by atoms with E-state index >= 15 is 0 Å². The number of rotatable bonds is 6. The van der Waals surface area contributed by atoms with Crippen LogP contribution in [0, 0.1) is 5.41 Å². The first-order chi connectivity index (χ1) is 9.64. The van der Waals surface area contributed by atoms with E-state index in [0.29, 0.717) is 12.2 Å². The highest BCUT2D eigenvalue weighted by Crippen LogP contribution is 2.20. The van der Waals surface area contributed by atoms with Gasteiger partial charge in [-0.1, -0.05) is 13.8 Å². The van der Waals surface area contributed by atoms with Gasteiger partial charge >= 0.3 is 6.03 Å². The Kier molecular flexibility index (Phi) is 5.78. The van der Waals surface area contributed by atoms with Crippen molar-refractivity contribution in [2.45, 2.75) is 53.0 Å². The van der Waals surface area contributed by atoms with E-state index in [4.69, 9.17) is 5.11 Å². The number of aliphatic hydroxyl groups excluding tert-OH is 1. The fourth-order valence-corrected chi connectivity index (χ4v) is 1.78. The first-order valence-corrected chi connectivity index (χ1v) is 7.35. The number of urea groups is 1. The maximum absolute atomic E-state index is 11.8. The van der Waals surface area contributed by atoms with Gasteiger partial charge in [0.05, 0.1) is 17.4 Å². The Morgan fingerprint density at radius 3 is 2.52 bits per heavy atom. The molecular formula is C15H28N4O2. The van der Waals surface area contributed by atoms with Crippen LogP contribution in [0.25, 0.3) is 0 Å². The van der Waals surface area contributed by atoms with Gasteiger partial charge in [-0.2, -0.15) is 5.10 Å². The van der Waals surface area contributed by atoms with Crippen molar-refractivity contribution in [2.75, 3.05) is 18.5 Å². The molecule has 1 aromatic heterocycles. The molecule has 21 heavy (non-hydrogen) atoms. The molecule has 0 aliphatic heterocycles. The molecule has 2 amide bonds. The minimum absolute atomic E-state index is 0.0913. The average Bonchev–Trinajstić information content (AvgIpc) is 2.83. The highest BCUT2D eigenvalue weighted by atomic mass is 16.3. The summed E-state index contributed by atoms with van der Waals surface area (Å²) >= 11 is 0. The molecule has 0 aromatic carbocycles. The number of amides is 2. The number of hydrogen-bond acceptors (Lipinski definition) is 3. The van der Waals surface area contributed by atoms with E-state index in [1.54, 1.807) is 6.20 Å². The van der Waals surface area contributed by atoms with Crippen molar-refractivity contribution in [1.82, 2.24) is 15.1 Å². The SMILES string of the molecule is CC(C)(CO)CCCNC(=O)Nc1cnn(C(C)(C)C)c1. The molecule has 1 heterocycles. The van der Waals surface area contributed by atoms with Crippen LogP contribution in [0.3, 0.4) is 0 Å². The first-order valence-electron chi connectivity index (χ1n) is 7.35. The maximum atomic E-state index is 11.8. The number of carbonyl (C=O) groups is 1. The predicted molar refractivity (Wildman–Crippen MR) is 84.3 cm³/mol. The van der Waals surface area contributed by atoms with Crippen LogP contribution in [-0.4, -0.2) is 34.1 Å². The molecule has 0 unspecified atom stereocenters. The Hall–Kier alpha value is -1.56. The van der Waals surface area contributed by atoms with Crippen LogP contribution in [0.5, 0.6) is 0 Å². The molecule has 0 fully saturated rings. The zero-order valence-corrected chi connectivity index (χ0v) is 13.7. The lowest BCUT2D eigenvalue weighted by Gasteiger charge is -2.21. The van der Waals surface area contributed by atoms with E-state index in [0.717, 1.165) is 12.8 Å². The third kappa shape index (κ3) is 6.16. The van der Waals surface area contributed by atoms with Gasteiger partial charge < -0.3 is 15.7 Å². The number of nitrogens with zero attached hydrogens (tertiary/aromatic N) is 2. The van der Waals surface area contributed by atoms with Gasteiger partial charge in [-0.05, 0) is 39.0 Å². The van der Waals surface area contributed by atoms with E-state index in [9.17, 15) is 4.79 Å². The van der Waals surface area contributed by atoms with Crippen molar-refractivity contribution < 1.29 is 9.90 Å². The standard InChI is InChI=1S/C15H28N4O2/c1-14(2,3)19-10-12(9-17-19)18-13(21)16-8-6-7-15(4,5)11-20/h9-10,20H,6-8,11H2,1-5H3,(H2,16,18,21). The summed E-state index contributed by atoms with van der Waals surface area (Å²) in [6.07, 6.45) is 5.15. The fraction of sp³-hybridized carbons (Fsp3) is 0.733. The van der Waals surface area contributed by atoms with Crippen LogP contribution in [0.15, 0.2) is 12.4 Å². The smallest absolute Gasteiger partial charge is 0.319 e. The highest BCUT2D eigenvalue weighted by Gasteiger charge is 2.16. The molecule has 1 aromatic rings. The van der Waals surface area contributed by atoms with Crippen molar-refractivity contribution in [3.05, 3.63) is 12.4 Å². The summed E-state index contributed by atoms with van der Waals surface area (Å²) in [7, 11) is 0. The lowest BCUT2D eigenvalue weighted by molar-refractivity contribution is 0.148. The summed E-state index contributed by atoms with van der Waals surface area (Å²) in [5.74, 6) is 0. The molecule has 1 rings (SSSR count). The summed E-state index contributed by atoms with van der Waals surface area (Å²) in [5.41, 5.74) is 0.483. The molecular weight excluding hydrogens is 268 g/mol. The van der Waals surface area contributed by atoms with Gasteiger partial charge in [0.1, 0.15) is 0 Å². The topological polar surface area (TPSA) is 79.2 Å². The predicted octanol–water partition coefficient (Wildman–Crippen LogP) is 2.56. The molecule has 120 valence electrons. The minimum Gasteiger partial charge on any atom is -0.396 e. The third-order valence-electron chi connectivity index (χ3n) is 3.27. The fourth-order valence-electron chi connectivity index (χ4n) is 1.78. The van der Waals surface area contributed by atoms with E-state index in [1.807, 2.05) is 45.5 Å². The summed E-state index contributed by atoms with van der Waals surface area (Å²) in [6, 6.07) is -0.231. The maximum Gasteiger partial charge on any atom is 0.319 e. The second-order valence-corrected chi connectivity index (χ2v) is 7.15. The summed E-state index contributed by atoms with van der Waals surface area (Å²) in [6.45, 7) is 10.9. The van der Waals surface area contributed by atoms with Crippen molar-refractivity contribution in [2.24, 2.45) is 5.41 Å². The minimum atomic E-state index is -0.231. The number of anilines is 1. The van der Waals surface area contributed by atoms with Gasteiger partial charge in [0.2, 0.25) is 0 Å². The monoisotopic (exact) mass is 296 g/mol. The van der Waals surface area contributed by atoms with Crippen LogP contribution in [-0.2, 0) is 5.54 Å². The molecule has 0 aliphatic rings. The Morgan fingerprint density at radius 2 is 2.00 bits per heavy atom. The van der Waals surface area contributed by atoms with Gasteiger partial charge in [-0.15, -0.1) is 0 Å². The zero-order chi connectivity index (χ0) is 16.1. The Bertz CT molecular complexity index is 460. The second-order valence-electron chi connectivity index (χ2n) is 7.15. The second kappa shape index (κ2) is 6.93. The van der Waals surface area contributed by atoms with Gasteiger partial charge in [-0.3, -0.25) is 4.68 Å². The van der Waals surface area contributed by atoms with Crippen LogP contribution in [0.1, 0.15) is 47.5 Å². The van der Waals surface area contributed by atoms with E-state index in [-0.39, 0.29) is 23.6 Å². The van der Waals surface area contributed by atoms with E-state index < -0.39 is 0 Å². The average molecular weight is 296 g/mol. The lowest BCUT2D eigenvalue weighted by Crippen LogP contribution is -2.30. The molecule has 6 heteroatoms. The van der Waals surface area contributed by atoms with Crippen molar-refractivity contribution in [3.63, 3.8) is 0 Å². The molecule has 3 N–H and O–H groups in total. The van der Waals surface area contributed by atoms with Crippen molar-refractivity contribution in [3.8, 4) is 0 Å². The number of aliphatic hydroxyl groups is 1. The molecule has 0 spiro atoms. The Labute approximate surface area is 126 Å². The lowest BCUT2D eigenvalue weighted by atomic mass is 9.89. The molecule has 0 bridgehead atoms. The number of aromatic nitrogens is 2. The highest BCUT2D eigenvalue weighted by molar-refractivity contribution is 5.88. The van der Waals surface area contributed by atoms with Crippen molar-refractivity contribution >= 4 is 11.7 Å². The third-order valence-corrected chi connectivity index (χ3v) is 3.27. The first kappa shape index (κ1) is 17.5. The molecule has 0 aliphatic carbocycles. The molecule has 0 saturated heterocycles. The Balaban J connectivity index is 2.33. The van der Waals surface area contributed by atoms with Gasteiger partial charge in [0, 0.05) is 19.3 Å². The number of carbonyl (C=O) groups excluding carboxylic acids is 1. The summed E-state index contributed by atoms with van der Waals surface area (Å²) in [5, 5.41) is 19.0. The summed E-state index contributed by atoms with van der Waals surface area (Å²) in [4.78, 5) is 11.8. The van der Waals surface area contributed by atoms with Crippen LogP contribution < -0.4 is 10.6 Å². The Morgan fingerprint density at radius 1 is 1.33 bits per heavy atom. The molecule has 0 atom stereocenters. The quantitative estimate of drug-likeness (QED) is 0.706. The van der Waals surface area contributed by atoms with Gasteiger partial charge in [-0.25, -0.2) is 4.79 Å².